The summed E-state index contributed by atoms with van der Waals surface area (Å²) in [5, 5.41) is 9.15. The van der Waals surface area contributed by atoms with Gasteiger partial charge < -0.3 is 19.1 Å². The molecule has 0 atom stereocenters. The summed E-state index contributed by atoms with van der Waals surface area (Å²) in [6.45, 7) is 3.72. The molecule has 0 unspecified atom stereocenters. The van der Waals surface area contributed by atoms with E-state index < -0.39 is 5.97 Å². The number of carboxylic acids is 1. The first kappa shape index (κ1) is 24.6. The molecule has 0 aliphatic heterocycles. The molecule has 164 valence electrons. The Kier molecular flexibility index (Phi) is 9.72. The van der Waals surface area contributed by atoms with Gasteiger partial charge in [-0.05, 0) is 49.4 Å². The summed E-state index contributed by atoms with van der Waals surface area (Å²) in [5.74, 6) is 0.527. The minimum Gasteiger partial charge on any atom is -0.490 e. The Bertz CT molecular complexity index is 1020. The molecule has 31 heavy (non-hydrogen) atoms. The van der Waals surface area contributed by atoms with E-state index in [1.54, 1.807) is 36.8 Å². The number of imidazole rings is 1. The van der Waals surface area contributed by atoms with Crippen LogP contribution >= 0.6 is 34.8 Å². The number of rotatable bonds is 7. The zero-order valence-corrected chi connectivity index (χ0v) is 19.2. The Morgan fingerprint density at radius 3 is 2.26 bits per heavy atom. The first-order chi connectivity index (χ1) is 14.8. The molecule has 1 heterocycles. The Balaban J connectivity index is 0.000000785. The molecule has 1 aromatic heterocycles. The van der Waals surface area contributed by atoms with Crippen molar-refractivity contribution in [1.29, 1.82) is 0 Å². The van der Waals surface area contributed by atoms with Gasteiger partial charge in [0.05, 0.1) is 17.0 Å². The van der Waals surface area contributed by atoms with Gasteiger partial charge in [-0.3, -0.25) is 4.79 Å². The van der Waals surface area contributed by atoms with E-state index in [2.05, 4.69) is 4.98 Å². The first-order valence-electron chi connectivity index (χ1n) is 9.13. The minimum absolute atomic E-state index is 0.336. The maximum absolute atomic E-state index is 9.00. The van der Waals surface area contributed by atoms with Gasteiger partial charge in [0, 0.05) is 34.9 Å². The highest BCUT2D eigenvalue weighted by atomic mass is 35.5. The van der Waals surface area contributed by atoms with E-state index in [4.69, 9.17) is 54.2 Å². The van der Waals surface area contributed by atoms with Crippen LogP contribution in [-0.4, -0.2) is 33.8 Å². The van der Waals surface area contributed by atoms with Crippen LogP contribution in [0.5, 0.6) is 5.75 Å². The molecule has 0 amide bonds. The van der Waals surface area contributed by atoms with Gasteiger partial charge in [-0.25, -0.2) is 4.98 Å². The van der Waals surface area contributed by atoms with Crippen LogP contribution in [0.15, 0.2) is 61.2 Å². The van der Waals surface area contributed by atoms with Crippen LogP contribution in [0.3, 0.4) is 0 Å². The molecule has 0 fully saturated rings. The number of hydrogen-bond donors (Lipinski definition) is 1. The maximum atomic E-state index is 9.00. The lowest BCUT2D eigenvalue weighted by atomic mass is 10.1. The Morgan fingerprint density at radius 2 is 1.68 bits per heavy atom. The lowest BCUT2D eigenvalue weighted by Crippen LogP contribution is -2.08. The minimum atomic E-state index is -0.833. The van der Waals surface area contributed by atoms with Crippen molar-refractivity contribution in [3.05, 3.63) is 81.8 Å². The highest BCUT2D eigenvalue weighted by Gasteiger charge is 2.14. The molecule has 0 aliphatic rings. The average molecular weight is 484 g/mol. The summed E-state index contributed by atoms with van der Waals surface area (Å²) in [6, 6.07) is 12.5. The first-order valence-corrected chi connectivity index (χ1v) is 10.3. The standard InChI is InChI=1S/C20H17Cl3N2O2.C2H4O2/c1-14(25-9-8-24-13-25)20(18-7-4-16(22)12-19(18)23)27-11-10-26-17-5-2-15(21)3-6-17;1-2(3)4/h2-9,12-13H,10-11H2,1H3;1H3,(H,3,4). The van der Waals surface area contributed by atoms with E-state index in [-0.39, 0.29) is 0 Å². The predicted molar refractivity (Wildman–Crippen MR) is 124 cm³/mol. The fourth-order valence-corrected chi connectivity index (χ4v) is 3.08. The van der Waals surface area contributed by atoms with Crippen LogP contribution in [0.4, 0.5) is 0 Å². The van der Waals surface area contributed by atoms with Gasteiger partial charge in [-0.1, -0.05) is 34.8 Å². The fourth-order valence-electron chi connectivity index (χ4n) is 2.46. The SMILES string of the molecule is CC(=C(OCCOc1ccc(Cl)cc1)c1ccc(Cl)cc1Cl)n1ccnc1.CC(=O)O. The third-order valence-corrected chi connectivity index (χ3v) is 4.61. The van der Waals surface area contributed by atoms with E-state index in [9.17, 15) is 0 Å². The van der Waals surface area contributed by atoms with Crippen molar-refractivity contribution in [1.82, 2.24) is 9.55 Å². The quantitative estimate of drug-likeness (QED) is 0.312. The van der Waals surface area contributed by atoms with E-state index in [1.165, 1.54) is 0 Å². The summed E-state index contributed by atoms with van der Waals surface area (Å²) in [7, 11) is 0. The van der Waals surface area contributed by atoms with E-state index in [1.807, 2.05) is 35.9 Å². The van der Waals surface area contributed by atoms with Crippen LogP contribution in [0.1, 0.15) is 19.4 Å². The molecular weight excluding hydrogens is 463 g/mol. The number of nitrogens with zero attached hydrogens (tertiary/aromatic N) is 2. The molecule has 1 N–H and O–H groups in total. The number of halogens is 3. The molecule has 0 bridgehead atoms. The number of hydrogen-bond acceptors (Lipinski definition) is 4. The van der Waals surface area contributed by atoms with E-state index >= 15 is 0 Å². The molecule has 0 spiro atoms. The summed E-state index contributed by atoms with van der Waals surface area (Å²) in [6.07, 6.45) is 5.24. The smallest absolute Gasteiger partial charge is 0.300 e. The number of aromatic nitrogens is 2. The van der Waals surface area contributed by atoms with Gasteiger partial charge in [-0.2, -0.15) is 0 Å². The molecule has 3 rings (SSSR count). The summed E-state index contributed by atoms with van der Waals surface area (Å²) in [4.78, 5) is 13.1. The van der Waals surface area contributed by atoms with Crippen LogP contribution in [0.25, 0.3) is 11.5 Å². The topological polar surface area (TPSA) is 73.6 Å². The normalized spacial score (nSPS) is 11.1. The van der Waals surface area contributed by atoms with Crippen LogP contribution in [0, 0.1) is 0 Å². The number of ether oxygens (including phenoxy) is 2. The fraction of sp³-hybridized carbons (Fsp3) is 0.182. The summed E-state index contributed by atoms with van der Waals surface area (Å²) in [5.41, 5.74) is 1.60. The molecule has 0 aliphatic carbocycles. The summed E-state index contributed by atoms with van der Waals surface area (Å²) >= 11 is 18.3. The van der Waals surface area contributed by atoms with Crippen molar-refractivity contribution >= 4 is 52.2 Å². The second-order valence-corrected chi connectivity index (χ2v) is 7.46. The molecule has 0 radical (unpaired) electrons. The molecule has 0 saturated carbocycles. The second-order valence-electron chi connectivity index (χ2n) is 6.18. The lowest BCUT2D eigenvalue weighted by molar-refractivity contribution is -0.134. The van der Waals surface area contributed by atoms with Crippen molar-refractivity contribution in [2.45, 2.75) is 13.8 Å². The molecule has 6 nitrogen and oxygen atoms in total. The zero-order chi connectivity index (χ0) is 22.8. The highest BCUT2D eigenvalue weighted by Crippen LogP contribution is 2.31. The van der Waals surface area contributed by atoms with Gasteiger partial charge in [0.2, 0.25) is 0 Å². The second kappa shape index (κ2) is 12.2. The van der Waals surface area contributed by atoms with Crippen molar-refractivity contribution < 1.29 is 19.4 Å². The van der Waals surface area contributed by atoms with Crippen molar-refractivity contribution in [3.63, 3.8) is 0 Å². The van der Waals surface area contributed by atoms with Gasteiger partial charge in [-0.15, -0.1) is 0 Å². The Labute approximate surface area is 195 Å². The molecular formula is C22H21Cl3N2O4. The van der Waals surface area contributed by atoms with E-state index in [0.717, 1.165) is 23.9 Å². The highest BCUT2D eigenvalue weighted by molar-refractivity contribution is 6.35. The molecule has 9 heteroatoms. The average Bonchev–Trinajstić information content (AvgIpc) is 3.24. The van der Waals surface area contributed by atoms with Gasteiger partial charge in [0.25, 0.3) is 5.97 Å². The number of carboxylic acid groups (broad SMARTS) is 1. The predicted octanol–water partition coefficient (Wildman–Crippen LogP) is 6.38. The zero-order valence-electron chi connectivity index (χ0n) is 16.9. The number of benzene rings is 2. The molecule has 2 aromatic carbocycles. The third kappa shape index (κ3) is 8.17. The Morgan fingerprint density at radius 1 is 1.03 bits per heavy atom. The van der Waals surface area contributed by atoms with Crippen LogP contribution in [0.2, 0.25) is 15.1 Å². The van der Waals surface area contributed by atoms with Gasteiger partial charge in [0.1, 0.15) is 24.7 Å². The molecule has 0 saturated heterocycles. The molecule has 3 aromatic rings. The van der Waals surface area contributed by atoms with Gasteiger partial charge in [0.15, 0.2) is 0 Å². The maximum Gasteiger partial charge on any atom is 0.300 e. The van der Waals surface area contributed by atoms with Crippen molar-refractivity contribution in [2.75, 3.05) is 13.2 Å². The monoisotopic (exact) mass is 482 g/mol. The Hall–Kier alpha value is -2.67. The number of aliphatic carboxylic acids is 1. The third-order valence-electron chi connectivity index (χ3n) is 3.81. The summed E-state index contributed by atoms with van der Waals surface area (Å²) < 4.78 is 13.6. The number of allylic oxidation sites excluding steroid dienone is 1. The van der Waals surface area contributed by atoms with Crippen LogP contribution in [-0.2, 0) is 9.53 Å². The largest absolute Gasteiger partial charge is 0.490 e. The van der Waals surface area contributed by atoms with Crippen molar-refractivity contribution in [3.8, 4) is 5.75 Å². The lowest BCUT2D eigenvalue weighted by Gasteiger charge is -2.17. The number of carbonyl (C=O) groups is 1. The van der Waals surface area contributed by atoms with Crippen molar-refractivity contribution in [2.24, 2.45) is 0 Å². The van der Waals surface area contributed by atoms with E-state index in [0.29, 0.717) is 34.0 Å². The van der Waals surface area contributed by atoms with Crippen LogP contribution < -0.4 is 4.74 Å². The van der Waals surface area contributed by atoms with Gasteiger partial charge >= 0.3 is 0 Å².